The predicted molar refractivity (Wildman–Crippen MR) is 99.8 cm³/mol. The molecule has 1 N–H and O–H groups in total. The zero-order valence-corrected chi connectivity index (χ0v) is 15.4. The van der Waals surface area contributed by atoms with Crippen molar-refractivity contribution in [2.45, 2.75) is 6.42 Å². The summed E-state index contributed by atoms with van der Waals surface area (Å²) in [6.45, 7) is 0.0370. The summed E-state index contributed by atoms with van der Waals surface area (Å²) in [5.74, 6) is -1.90. The molecule has 138 valence electrons. The number of hydrogen-bond donors (Lipinski definition) is 1. The Hall–Kier alpha value is -2.70. The number of imide groups is 2. The highest BCUT2D eigenvalue weighted by Gasteiger charge is 2.35. The van der Waals surface area contributed by atoms with Crippen molar-refractivity contribution in [3.05, 3.63) is 75.0 Å². The van der Waals surface area contributed by atoms with Gasteiger partial charge in [-0.05, 0) is 47.9 Å². The van der Waals surface area contributed by atoms with Crippen LogP contribution in [0.4, 0.5) is 9.18 Å². The van der Waals surface area contributed by atoms with E-state index >= 15 is 0 Å². The summed E-state index contributed by atoms with van der Waals surface area (Å²) in [4.78, 5) is 37.7. The fourth-order valence-electron chi connectivity index (χ4n) is 2.56. The number of benzene rings is 2. The Morgan fingerprint density at radius 3 is 2.41 bits per heavy atom. The summed E-state index contributed by atoms with van der Waals surface area (Å²) in [7, 11) is 0. The van der Waals surface area contributed by atoms with E-state index in [4.69, 9.17) is 23.2 Å². The third-order valence-electron chi connectivity index (χ3n) is 3.99. The standard InChI is InChI=1S/C19H13Cl2FN2O3/c20-13-4-3-12(16(21)10-13)9-15-17(25)23-19(27)24(18(15)26)8-7-11-1-5-14(22)6-2-11/h1-6,9-10H,7-8H2,(H,23,25,27). The van der Waals surface area contributed by atoms with Gasteiger partial charge in [0.15, 0.2) is 0 Å². The predicted octanol–water partition coefficient (Wildman–Crippen LogP) is 3.84. The molecule has 0 aliphatic carbocycles. The van der Waals surface area contributed by atoms with E-state index in [1.54, 1.807) is 24.3 Å². The summed E-state index contributed by atoms with van der Waals surface area (Å²) in [5, 5.41) is 2.82. The van der Waals surface area contributed by atoms with Gasteiger partial charge in [-0.15, -0.1) is 0 Å². The van der Waals surface area contributed by atoms with Crippen molar-refractivity contribution in [1.29, 1.82) is 0 Å². The molecule has 1 heterocycles. The van der Waals surface area contributed by atoms with Gasteiger partial charge in [-0.3, -0.25) is 19.8 Å². The Morgan fingerprint density at radius 1 is 1.04 bits per heavy atom. The van der Waals surface area contributed by atoms with Crippen LogP contribution in [0.25, 0.3) is 6.08 Å². The lowest BCUT2D eigenvalue weighted by Crippen LogP contribution is -2.54. The number of nitrogens with zero attached hydrogens (tertiary/aromatic N) is 1. The highest BCUT2D eigenvalue weighted by molar-refractivity contribution is 6.36. The van der Waals surface area contributed by atoms with Gasteiger partial charge in [-0.1, -0.05) is 41.4 Å². The van der Waals surface area contributed by atoms with Crippen molar-refractivity contribution in [2.75, 3.05) is 6.54 Å². The second-order valence-corrected chi connectivity index (χ2v) is 6.66. The minimum absolute atomic E-state index is 0.0370. The quantitative estimate of drug-likeness (QED) is 0.619. The maximum absolute atomic E-state index is 13.0. The summed E-state index contributed by atoms with van der Waals surface area (Å²) < 4.78 is 13.0. The van der Waals surface area contributed by atoms with Gasteiger partial charge in [0.1, 0.15) is 11.4 Å². The average molecular weight is 407 g/mol. The Morgan fingerprint density at radius 2 is 1.74 bits per heavy atom. The molecular weight excluding hydrogens is 394 g/mol. The molecule has 2 aromatic carbocycles. The van der Waals surface area contributed by atoms with Gasteiger partial charge >= 0.3 is 6.03 Å². The second kappa shape index (κ2) is 7.90. The van der Waals surface area contributed by atoms with E-state index in [1.165, 1.54) is 24.3 Å². The molecule has 0 spiro atoms. The number of urea groups is 1. The molecule has 0 saturated carbocycles. The molecule has 0 aromatic heterocycles. The zero-order valence-electron chi connectivity index (χ0n) is 13.8. The van der Waals surface area contributed by atoms with E-state index in [9.17, 15) is 18.8 Å². The van der Waals surface area contributed by atoms with Crippen molar-refractivity contribution in [3.8, 4) is 0 Å². The molecule has 2 aromatic rings. The Bertz CT molecular complexity index is 958. The highest BCUT2D eigenvalue weighted by Crippen LogP contribution is 2.24. The molecule has 3 rings (SSSR count). The van der Waals surface area contributed by atoms with Gasteiger partial charge < -0.3 is 0 Å². The van der Waals surface area contributed by atoms with Gasteiger partial charge in [0.25, 0.3) is 11.8 Å². The number of carbonyl (C=O) groups excluding carboxylic acids is 3. The van der Waals surface area contributed by atoms with E-state index in [1.807, 2.05) is 0 Å². The van der Waals surface area contributed by atoms with Crippen LogP contribution in [-0.2, 0) is 16.0 Å². The first kappa shape index (κ1) is 19.1. The summed E-state index contributed by atoms with van der Waals surface area (Å²) in [6.07, 6.45) is 1.64. The van der Waals surface area contributed by atoms with Crippen LogP contribution < -0.4 is 5.32 Å². The van der Waals surface area contributed by atoms with E-state index in [0.717, 1.165) is 10.5 Å². The van der Waals surface area contributed by atoms with E-state index in [-0.39, 0.29) is 23.0 Å². The van der Waals surface area contributed by atoms with Crippen LogP contribution in [0, 0.1) is 5.82 Å². The van der Waals surface area contributed by atoms with Crippen LogP contribution in [-0.4, -0.2) is 29.3 Å². The van der Waals surface area contributed by atoms with Crippen molar-refractivity contribution in [3.63, 3.8) is 0 Å². The minimum Gasteiger partial charge on any atom is -0.273 e. The fraction of sp³-hybridized carbons (Fsp3) is 0.105. The first-order valence-corrected chi connectivity index (χ1v) is 8.69. The average Bonchev–Trinajstić information content (AvgIpc) is 2.61. The molecule has 0 radical (unpaired) electrons. The summed E-state index contributed by atoms with van der Waals surface area (Å²) >= 11 is 11.9. The highest BCUT2D eigenvalue weighted by atomic mass is 35.5. The molecule has 1 saturated heterocycles. The number of barbiturate groups is 1. The number of amides is 4. The first-order chi connectivity index (χ1) is 12.8. The molecule has 1 aliphatic heterocycles. The molecule has 8 heteroatoms. The van der Waals surface area contributed by atoms with Gasteiger partial charge in [-0.2, -0.15) is 0 Å². The Kier molecular flexibility index (Phi) is 5.58. The number of halogens is 3. The van der Waals surface area contributed by atoms with Crippen LogP contribution in [0.15, 0.2) is 48.0 Å². The van der Waals surface area contributed by atoms with Crippen molar-refractivity contribution >= 4 is 47.1 Å². The third kappa shape index (κ3) is 4.35. The van der Waals surface area contributed by atoms with Crippen LogP contribution >= 0.6 is 23.2 Å². The summed E-state index contributed by atoms with van der Waals surface area (Å²) in [6, 6.07) is 9.55. The van der Waals surface area contributed by atoms with Gasteiger partial charge in [0.2, 0.25) is 0 Å². The maximum Gasteiger partial charge on any atom is 0.331 e. The molecule has 0 bridgehead atoms. The molecule has 4 amide bonds. The normalized spacial score (nSPS) is 16.0. The van der Waals surface area contributed by atoms with Gasteiger partial charge in [-0.25, -0.2) is 9.18 Å². The van der Waals surface area contributed by atoms with Crippen molar-refractivity contribution in [2.24, 2.45) is 0 Å². The lowest BCUT2D eigenvalue weighted by atomic mass is 10.1. The Balaban J connectivity index is 1.82. The topological polar surface area (TPSA) is 66.5 Å². The number of carbonyl (C=O) groups is 3. The van der Waals surface area contributed by atoms with Crippen LogP contribution in [0.1, 0.15) is 11.1 Å². The number of nitrogens with one attached hydrogen (secondary N) is 1. The molecule has 5 nitrogen and oxygen atoms in total. The molecule has 0 unspecified atom stereocenters. The Labute approximate surface area is 164 Å². The molecule has 1 fully saturated rings. The maximum atomic E-state index is 13.0. The molecule has 27 heavy (non-hydrogen) atoms. The minimum atomic E-state index is -0.800. The smallest absolute Gasteiger partial charge is 0.273 e. The van der Waals surface area contributed by atoms with Crippen LogP contribution in [0.3, 0.4) is 0 Å². The van der Waals surface area contributed by atoms with Gasteiger partial charge in [0, 0.05) is 16.6 Å². The number of rotatable bonds is 4. The molecular formula is C19H13Cl2FN2O3. The monoisotopic (exact) mass is 406 g/mol. The first-order valence-electron chi connectivity index (χ1n) is 7.93. The van der Waals surface area contributed by atoms with Crippen LogP contribution in [0.2, 0.25) is 10.0 Å². The van der Waals surface area contributed by atoms with E-state index < -0.39 is 17.8 Å². The molecule has 1 aliphatic rings. The van der Waals surface area contributed by atoms with E-state index in [0.29, 0.717) is 17.0 Å². The fourth-order valence-corrected chi connectivity index (χ4v) is 3.03. The SMILES string of the molecule is O=C1NC(=O)N(CCc2ccc(F)cc2)C(=O)C1=Cc1ccc(Cl)cc1Cl. The lowest BCUT2D eigenvalue weighted by molar-refractivity contribution is -0.130. The van der Waals surface area contributed by atoms with Crippen LogP contribution in [0.5, 0.6) is 0 Å². The zero-order chi connectivity index (χ0) is 19.6. The van der Waals surface area contributed by atoms with E-state index in [2.05, 4.69) is 5.32 Å². The third-order valence-corrected chi connectivity index (χ3v) is 4.55. The lowest BCUT2D eigenvalue weighted by Gasteiger charge is -2.26. The largest absolute Gasteiger partial charge is 0.331 e. The molecule has 0 atom stereocenters. The summed E-state index contributed by atoms with van der Waals surface area (Å²) in [5.41, 5.74) is 0.963. The van der Waals surface area contributed by atoms with Crippen molar-refractivity contribution < 1.29 is 18.8 Å². The van der Waals surface area contributed by atoms with Crippen molar-refractivity contribution in [1.82, 2.24) is 10.2 Å². The number of hydrogen-bond acceptors (Lipinski definition) is 3. The second-order valence-electron chi connectivity index (χ2n) is 5.82. The van der Waals surface area contributed by atoms with Gasteiger partial charge in [0.05, 0.1) is 0 Å².